The number of phosphoric acid groups is 1. The van der Waals surface area contributed by atoms with Crippen LogP contribution in [-0.4, -0.2) is 69.4 Å². The Bertz CT molecular complexity index is 1810. The predicted octanol–water partition coefficient (Wildman–Crippen LogP) is 22.8. The molecule has 0 heterocycles. The van der Waals surface area contributed by atoms with Crippen molar-refractivity contribution in [2.45, 2.75) is 341 Å². The second-order valence-electron chi connectivity index (χ2n) is 25.7. The van der Waals surface area contributed by atoms with Gasteiger partial charge < -0.3 is 28.5 Å². The van der Waals surface area contributed by atoms with Gasteiger partial charge in [-0.3, -0.25) is 14.2 Å². The third-order valence-corrected chi connectivity index (χ3v) is 17.0. The Morgan fingerprint density at radius 2 is 0.736 bits per heavy atom. The van der Waals surface area contributed by atoms with Gasteiger partial charge in [0.1, 0.15) is 19.3 Å². The zero-order chi connectivity index (χ0) is 63.5. The van der Waals surface area contributed by atoms with Crippen molar-refractivity contribution in [1.82, 2.24) is 5.32 Å². The third kappa shape index (κ3) is 67.2. The fourth-order valence-corrected chi connectivity index (χ4v) is 11.1. The lowest BCUT2D eigenvalue weighted by Gasteiger charge is -2.30. The lowest BCUT2D eigenvalue weighted by molar-refractivity contribution is -0.870. The molecule has 0 saturated carbocycles. The van der Waals surface area contributed by atoms with Crippen LogP contribution < -0.4 is 10.2 Å². The van der Waals surface area contributed by atoms with E-state index in [-0.39, 0.29) is 24.9 Å². The van der Waals surface area contributed by atoms with Crippen molar-refractivity contribution < 1.29 is 37.3 Å². The molecule has 0 aliphatic heterocycles. The lowest BCUT2D eigenvalue weighted by Crippen LogP contribution is -2.47. The number of hydrogen-bond acceptors (Lipinski definition) is 7. The van der Waals surface area contributed by atoms with E-state index in [2.05, 4.69) is 111 Å². The Morgan fingerprint density at radius 1 is 0.414 bits per heavy atom. The third-order valence-electron chi connectivity index (χ3n) is 16.0. The fourth-order valence-electron chi connectivity index (χ4n) is 10.4. The number of carbonyl (C=O) groups excluding carboxylic acids is 2. The van der Waals surface area contributed by atoms with Gasteiger partial charge in [-0.15, -0.1) is 0 Å². The van der Waals surface area contributed by atoms with Crippen LogP contribution in [0.2, 0.25) is 0 Å². The molecule has 3 unspecified atom stereocenters. The maximum Gasteiger partial charge on any atom is 0.306 e. The second kappa shape index (κ2) is 65.9. The monoisotopic (exact) mass is 1240 g/mol. The summed E-state index contributed by atoms with van der Waals surface area (Å²) in [5.74, 6) is -0.553. The van der Waals surface area contributed by atoms with Gasteiger partial charge >= 0.3 is 5.97 Å². The first-order valence-corrected chi connectivity index (χ1v) is 38.0. The molecule has 0 spiro atoms. The van der Waals surface area contributed by atoms with E-state index in [1.807, 2.05) is 33.3 Å². The molecule has 9 nitrogen and oxygen atoms in total. The minimum Gasteiger partial charge on any atom is -0.756 e. The maximum absolute atomic E-state index is 13.6. The van der Waals surface area contributed by atoms with Crippen LogP contribution in [0, 0.1) is 0 Å². The highest BCUT2D eigenvalue weighted by Crippen LogP contribution is 2.38. The van der Waals surface area contributed by atoms with Crippen LogP contribution in [0.3, 0.4) is 0 Å². The van der Waals surface area contributed by atoms with Crippen molar-refractivity contribution in [2.75, 3.05) is 40.9 Å². The molecule has 0 aromatic carbocycles. The number of hydrogen-bond donors (Lipinski definition) is 1. The Labute approximate surface area is 538 Å². The fraction of sp³-hybridized carbons (Fsp3) is 0.766. The smallest absolute Gasteiger partial charge is 0.306 e. The molecule has 87 heavy (non-hydrogen) atoms. The number of quaternary nitrogens is 1. The number of esters is 1. The van der Waals surface area contributed by atoms with E-state index in [1.54, 1.807) is 0 Å². The van der Waals surface area contributed by atoms with Gasteiger partial charge in [0.25, 0.3) is 7.82 Å². The molecule has 0 saturated heterocycles. The summed E-state index contributed by atoms with van der Waals surface area (Å²) in [6.07, 6.45) is 89.7. The summed E-state index contributed by atoms with van der Waals surface area (Å²) in [6.45, 7) is 6.74. The van der Waals surface area contributed by atoms with E-state index >= 15 is 0 Å². The molecule has 0 aromatic heterocycles. The molecular formula is C77H139N2O7P. The first-order chi connectivity index (χ1) is 42.4. The zero-order valence-electron chi connectivity index (χ0n) is 57.7. The van der Waals surface area contributed by atoms with Gasteiger partial charge in [0.15, 0.2) is 0 Å². The van der Waals surface area contributed by atoms with Gasteiger partial charge in [-0.1, -0.05) is 305 Å². The van der Waals surface area contributed by atoms with Gasteiger partial charge in [0.2, 0.25) is 5.91 Å². The van der Waals surface area contributed by atoms with Gasteiger partial charge in [0, 0.05) is 12.8 Å². The van der Waals surface area contributed by atoms with Crippen LogP contribution >= 0.6 is 7.82 Å². The molecule has 0 bridgehead atoms. The standard InChI is InChI=1S/C77H139N2O7P/c1-7-10-13-16-19-22-25-27-29-31-33-35-37-39-41-43-45-47-49-51-54-57-60-63-66-69-76(80)78-74(73-85-87(82,83)84-72-71-79(4,5)6)75(68-65-62-59-56-53-24-21-18-15-12-9-3)86-77(81)70-67-64-61-58-55-52-50-48-46-44-42-40-38-36-34-32-30-28-26-23-20-17-14-11-8-2/h11,14,20,23,27-30,34,36,40,42,46,48,65,68,74-75H,7-10,12-13,15-19,21-22,24-26,31-33,35,37-39,41,43-45,47,49-64,66-67,69-73H2,1-6H3,(H-,78,80,82,83)/b14-11-,23-20-,29-27+,30-28-,36-34-,42-40-,48-46-,68-65+. The molecule has 1 amide bonds. The summed E-state index contributed by atoms with van der Waals surface area (Å²) in [5, 5.41) is 3.04. The predicted molar refractivity (Wildman–Crippen MR) is 376 cm³/mol. The normalized spacial score (nSPS) is 14.1. The van der Waals surface area contributed by atoms with Crippen LogP contribution in [0.5, 0.6) is 0 Å². The zero-order valence-corrected chi connectivity index (χ0v) is 58.6. The SMILES string of the molecule is CC/C=C\C/C=C\C/C=C\C/C=C\C/C=C\C/C=C\CCCCCCCCC(=O)OC(/C=C/CCCCCCCCCCC)C(COP(=O)([O-])OCC[N+](C)(C)C)NC(=O)CCCCCCCCCCCCCCCCC/C=C/CCCCCCCC. The number of likely N-dealkylation sites (N-methyl/N-ethyl adjacent to an activating group) is 1. The topological polar surface area (TPSA) is 114 Å². The minimum atomic E-state index is -4.71. The van der Waals surface area contributed by atoms with Crippen LogP contribution in [0.4, 0.5) is 0 Å². The molecular weight excluding hydrogens is 1100 g/mol. The Balaban J connectivity index is 5.02. The first kappa shape index (κ1) is 83.9. The van der Waals surface area contributed by atoms with Gasteiger partial charge in [-0.2, -0.15) is 0 Å². The van der Waals surface area contributed by atoms with Crippen LogP contribution in [0.1, 0.15) is 329 Å². The average molecular weight is 1240 g/mol. The molecule has 0 aromatic rings. The van der Waals surface area contributed by atoms with E-state index in [0.29, 0.717) is 23.9 Å². The van der Waals surface area contributed by atoms with Crippen molar-refractivity contribution >= 4 is 19.7 Å². The average Bonchev–Trinajstić information content (AvgIpc) is 3.70. The number of ether oxygens (including phenoxy) is 1. The molecule has 0 rings (SSSR count). The molecule has 3 atom stereocenters. The number of phosphoric ester groups is 1. The lowest BCUT2D eigenvalue weighted by atomic mass is 10.0. The van der Waals surface area contributed by atoms with Crippen LogP contribution in [0.15, 0.2) is 97.2 Å². The summed E-state index contributed by atoms with van der Waals surface area (Å²) in [7, 11) is 1.17. The first-order valence-electron chi connectivity index (χ1n) is 36.5. The number of rotatable bonds is 66. The van der Waals surface area contributed by atoms with Crippen molar-refractivity contribution in [3.63, 3.8) is 0 Å². The Morgan fingerprint density at radius 3 is 1.11 bits per heavy atom. The van der Waals surface area contributed by atoms with E-state index in [1.165, 1.54) is 173 Å². The quantitative estimate of drug-likeness (QED) is 0.0212. The summed E-state index contributed by atoms with van der Waals surface area (Å²) >= 11 is 0. The van der Waals surface area contributed by atoms with Crippen LogP contribution in [0.25, 0.3) is 0 Å². The maximum atomic E-state index is 13.6. The number of amides is 1. The number of unbranched alkanes of at least 4 members (excludes halogenated alkanes) is 36. The molecule has 10 heteroatoms. The van der Waals surface area contributed by atoms with E-state index in [9.17, 15) is 19.0 Å². The summed E-state index contributed by atoms with van der Waals surface area (Å²) in [6, 6.07) is -0.900. The van der Waals surface area contributed by atoms with Gasteiger partial charge in [0.05, 0.1) is 33.8 Å². The molecule has 0 aliphatic carbocycles. The van der Waals surface area contributed by atoms with Gasteiger partial charge in [-0.25, -0.2) is 0 Å². The van der Waals surface area contributed by atoms with Crippen molar-refractivity contribution in [3.8, 4) is 0 Å². The van der Waals surface area contributed by atoms with Gasteiger partial charge in [-0.05, 0) is 109 Å². The molecule has 1 N–H and O–H groups in total. The van der Waals surface area contributed by atoms with Crippen molar-refractivity contribution in [2.24, 2.45) is 0 Å². The summed E-state index contributed by atoms with van der Waals surface area (Å²) < 4.78 is 30.4. The van der Waals surface area contributed by atoms with E-state index < -0.39 is 26.6 Å². The molecule has 504 valence electrons. The number of carbonyl (C=O) groups is 2. The van der Waals surface area contributed by atoms with Crippen molar-refractivity contribution in [1.29, 1.82) is 0 Å². The van der Waals surface area contributed by atoms with E-state index in [4.69, 9.17) is 13.8 Å². The Kier molecular flexibility index (Phi) is 63.5. The number of allylic oxidation sites excluding steroid dienone is 15. The minimum absolute atomic E-state index is 0.0278. The largest absolute Gasteiger partial charge is 0.756 e. The molecule has 0 aliphatic rings. The van der Waals surface area contributed by atoms with E-state index in [0.717, 1.165) is 116 Å². The van der Waals surface area contributed by atoms with Crippen molar-refractivity contribution in [3.05, 3.63) is 97.2 Å². The number of nitrogens with zero attached hydrogens (tertiary/aromatic N) is 1. The highest BCUT2D eigenvalue weighted by atomic mass is 31.2. The highest BCUT2D eigenvalue weighted by molar-refractivity contribution is 7.45. The summed E-state index contributed by atoms with van der Waals surface area (Å²) in [5.41, 5.74) is 0. The molecule has 0 radical (unpaired) electrons. The Hall–Kier alpha value is -3.07. The van der Waals surface area contributed by atoms with Crippen LogP contribution in [-0.2, 0) is 27.9 Å². The summed E-state index contributed by atoms with van der Waals surface area (Å²) in [4.78, 5) is 40.2. The number of nitrogens with one attached hydrogen (secondary N) is 1. The second-order valence-corrected chi connectivity index (χ2v) is 27.1. The molecule has 0 fully saturated rings. The highest BCUT2D eigenvalue weighted by Gasteiger charge is 2.27.